The van der Waals surface area contributed by atoms with Crippen LogP contribution in [-0.4, -0.2) is 37.0 Å². The Morgan fingerprint density at radius 1 is 0.619 bits per heavy atom. The van der Waals surface area contributed by atoms with Gasteiger partial charge in [0, 0.05) is 0 Å². The Labute approximate surface area is 151 Å². The van der Waals surface area contributed by atoms with E-state index in [2.05, 4.69) is 21.0 Å². The fourth-order valence-electron chi connectivity index (χ4n) is 2.63. The number of quaternary nitrogens is 1. The number of aliphatic hydroxyl groups excluding tert-OH is 1. The van der Waals surface area contributed by atoms with Gasteiger partial charge in [-0.1, -0.05) is 77.6 Å². The van der Waals surface area contributed by atoms with Crippen LogP contribution in [0.5, 0.6) is 0 Å². The molecule has 0 unspecified atom stereocenters. The van der Waals surface area contributed by atoms with E-state index in [0.717, 1.165) is 11.0 Å². The molecule has 0 saturated carbocycles. The van der Waals surface area contributed by atoms with Crippen LogP contribution >= 0.6 is 0 Å². The molecule has 0 radical (unpaired) electrons. The lowest BCUT2D eigenvalue weighted by atomic mass is 10.0. The minimum Gasteiger partial charge on any atom is -1.00 e. The number of unbranched alkanes of at least 4 members (excludes halogenated alkanes) is 12. The topological polar surface area (TPSA) is 20.2 Å². The molecule has 21 heavy (non-hydrogen) atoms. The summed E-state index contributed by atoms with van der Waals surface area (Å²) >= 11 is 0. The summed E-state index contributed by atoms with van der Waals surface area (Å²) in [5, 5.41) is 9.16. The lowest BCUT2D eigenvalue weighted by Gasteiger charge is -2.26. The molecule has 0 aliphatic heterocycles. The van der Waals surface area contributed by atoms with Gasteiger partial charge in [-0.15, -0.1) is 0 Å². The quantitative estimate of drug-likeness (QED) is 0.189. The van der Waals surface area contributed by atoms with Crippen molar-refractivity contribution in [1.82, 2.24) is 0 Å². The van der Waals surface area contributed by atoms with Crippen molar-refractivity contribution in [2.24, 2.45) is 0 Å². The van der Waals surface area contributed by atoms with E-state index in [9.17, 15) is 0 Å². The van der Waals surface area contributed by atoms with Gasteiger partial charge >= 0.3 is 0 Å². The van der Waals surface area contributed by atoms with Crippen molar-refractivity contribution in [3.8, 4) is 0 Å². The molecular formula is C18H40INO. The van der Waals surface area contributed by atoms with Gasteiger partial charge in [-0.05, 0) is 12.8 Å². The molecule has 3 heteroatoms. The van der Waals surface area contributed by atoms with Crippen molar-refractivity contribution < 1.29 is 33.6 Å². The normalized spacial score (nSPS) is 11.4. The molecular weight excluding hydrogens is 373 g/mol. The molecule has 0 spiro atoms. The number of aliphatic hydroxyl groups is 1. The zero-order valence-electron chi connectivity index (χ0n) is 14.9. The van der Waals surface area contributed by atoms with Crippen molar-refractivity contribution in [2.75, 3.05) is 27.4 Å². The van der Waals surface area contributed by atoms with Crippen molar-refractivity contribution in [1.29, 1.82) is 0 Å². The molecule has 0 aromatic rings. The highest BCUT2D eigenvalue weighted by atomic mass is 127. The van der Waals surface area contributed by atoms with Gasteiger partial charge in [0.15, 0.2) is 6.73 Å². The summed E-state index contributed by atoms with van der Waals surface area (Å²) in [6.07, 6.45) is 18.2. The first-order chi connectivity index (χ1) is 9.62. The van der Waals surface area contributed by atoms with Gasteiger partial charge in [0.1, 0.15) is 0 Å². The van der Waals surface area contributed by atoms with E-state index in [4.69, 9.17) is 5.11 Å². The number of halogens is 1. The molecule has 2 nitrogen and oxygen atoms in total. The monoisotopic (exact) mass is 413 g/mol. The van der Waals surface area contributed by atoms with Crippen LogP contribution in [0.2, 0.25) is 0 Å². The summed E-state index contributed by atoms with van der Waals surface area (Å²) in [6.45, 7) is 3.65. The van der Waals surface area contributed by atoms with Crippen molar-refractivity contribution in [2.45, 2.75) is 90.4 Å². The Bertz CT molecular complexity index is 198. The molecule has 130 valence electrons. The predicted octanol–water partition coefficient (Wildman–Crippen LogP) is 2.11. The third-order valence-corrected chi connectivity index (χ3v) is 4.25. The van der Waals surface area contributed by atoms with Gasteiger partial charge in [0.25, 0.3) is 0 Å². The molecule has 0 aliphatic carbocycles. The molecule has 0 aromatic heterocycles. The van der Waals surface area contributed by atoms with Gasteiger partial charge in [-0.25, -0.2) is 0 Å². The van der Waals surface area contributed by atoms with E-state index in [1.165, 1.54) is 83.5 Å². The average molecular weight is 413 g/mol. The van der Waals surface area contributed by atoms with Crippen LogP contribution in [0, 0.1) is 0 Å². The molecule has 0 aliphatic rings. The molecule has 0 rings (SSSR count). The van der Waals surface area contributed by atoms with E-state index in [-0.39, 0.29) is 30.7 Å². The van der Waals surface area contributed by atoms with Gasteiger partial charge in [-0.2, -0.15) is 0 Å². The highest BCUT2D eigenvalue weighted by molar-refractivity contribution is 4.48. The summed E-state index contributed by atoms with van der Waals surface area (Å²) in [6, 6.07) is 0. The third kappa shape index (κ3) is 18.6. The highest BCUT2D eigenvalue weighted by Crippen LogP contribution is 2.12. The largest absolute Gasteiger partial charge is 1.00 e. The molecule has 0 fully saturated rings. The zero-order chi connectivity index (χ0) is 15.1. The maximum absolute atomic E-state index is 9.16. The second-order valence-electron chi connectivity index (χ2n) is 7.04. The van der Waals surface area contributed by atoms with Crippen LogP contribution in [0.3, 0.4) is 0 Å². The van der Waals surface area contributed by atoms with Crippen LogP contribution in [0.1, 0.15) is 90.4 Å². The predicted molar refractivity (Wildman–Crippen MR) is 89.8 cm³/mol. The van der Waals surface area contributed by atoms with Gasteiger partial charge in [-0.3, -0.25) is 0 Å². The summed E-state index contributed by atoms with van der Waals surface area (Å²) < 4.78 is 0.748. The van der Waals surface area contributed by atoms with Crippen LogP contribution in [0.4, 0.5) is 0 Å². The Balaban J connectivity index is 0. The zero-order valence-corrected chi connectivity index (χ0v) is 17.0. The summed E-state index contributed by atoms with van der Waals surface area (Å²) in [5.41, 5.74) is 0. The van der Waals surface area contributed by atoms with Crippen LogP contribution < -0.4 is 24.0 Å². The molecule has 0 saturated heterocycles. The van der Waals surface area contributed by atoms with E-state index in [1.54, 1.807) is 0 Å². The van der Waals surface area contributed by atoms with E-state index in [0.29, 0.717) is 0 Å². The fourth-order valence-corrected chi connectivity index (χ4v) is 2.63. The Hall–Kier alpha value is 0.650. The molecule has 0 atom stereocenters. The molecule has 0 amide bonds. The Morgan fingerprint density at radius 2 is 0.952 bits per heavy atom. The Kier molecular flexibility index (Phi) is 19.4. The highest BCUT2D eigenvalue weighted by Gasteiger charge is 2.11. The molecule has 1 N–H and O–H groups in total. The molecule has 0 bridgehead atoms. The third-order valence-electron chi connectivity index (χ3n) is 4.25. The number of hydrogen-bond donors (Lipinski definition) is 1. The first-order valence-electron chi connectivity index (χ1n) is 9.05. The van der Waals surface area contributed by atoms with Crippen molar-refractivity contribution in [3.63, 3.8) is 0 Å². The summed E-state index contributed by atoms with van der Waals surface area (Å²) in [4.78, 5) is 0. The van der Waals surface area contributed by atoms with Crippen molar-refractivity contribution >= 4 is 0 Å². The summed E-state index contributed by atoms with van der Waals surface area (Å²) in [7, 11) is 4.20. The van der Waals surface area contributed by atoms with Crippen LogP contribution in [0.15, 0.2) is 0 Å². The van der Waals surface area contributed by atoms with Crippen molar-refractivity contribution in [3.05, 3.63) is 0 Å². The lowest BCUT2D eigenvalue weighted by Crippen LogP contribution is -3.00. The molecule has 0 heterocycles. The van der Waals surface area contributed by atoms with E-state index >= 15 is 0 Å². The number of rotatable bonds is 15. The second-order valence-corrected chi connectivity index (χ2v) is 7.04. The maximum Gasteiger partial charge on any atom is 0.179 e. The Morgan fingerprint density at radius 3 is 1.29 bits per heavy atom. The number of nitrogens with zero attached hydrogens (tertiary/aromatic N) is 1. The van der Waals surface area contributed by atoms with E-state index in [1.807, 2.05) is 0 Å². The van der Waals surface area contributed by atoms with Gasteiger partial charge in [0.2, 0.25) is 0 Å². The minimum atomic E-state index is 0. The van der Waals surface area contributed by atoms with Gasteiger partial charge in [0.05, 0.1) is 20.6 Å². The first kappa shape index (κ1) is 23.9. The summed E-state index contributed by atoms with van der Waals surface area (Å²) in [5.74, 6) is 0. The maximum atomic E-state index is 9.16. The smallest absolute Gasteiger partial charge is 0.179 e. The molecule has 0 aromatic carbocycles. The van der Waals surface area contributed by atoms with Crippen LogP contribution in [0.25, 0.3) is 0 Å². The van der Waals surface area contributed by atoms with E-state index < -0.39 is 0 Å². The lowest BCUT2D eigenvalue weighted by molar-refractivity contribution is -0.909. The minimum absolute atomic E-state index is 0. The SMILES string of the molecule is CCCCCCCCCCCCCCC[N+](C)(C)CO.[I-]. The average Bonchev–Trinajstić information content (AvgIpc) is 2.44. The van der Waals surface area contributed by atoms with Crippen LogP contribution in [-0.2, 0) is 0 Å². The standard InChI is InChI=1S/C18H40NO.HI/c1-4-5-6-7-8-9-10-11-12-13-14-15-16-17-19(2,3)18-20;/h20H,4-18H2,1-3H3;1H/q+1;/p-1. The first-order valence-corrected chi connectivity index (χ1v) is 9.05. The number of hydrogen-bond acceptors (Lipinski definition) is 1. The van der Waals surface area contributed by atoms with Gasteiger partial charge < -0.3 is 33.6 Å². The second kappa shape index (κ2) is 17.0. The fraction of sp³-hybridized carbons (Fsp3) is 1.00.